The van der Waals surface area contributed by atoms with Gasteiger partial charge in [-0.2, -0.15) is 0 Å². The molecule has 0 fully saturated rings. The Morgan fingerprint density at radius 2 is 2.04 bits per heavy atom. The standard InChI is InChI=1S/C23H24N2O3/c1-3-28-23(27)16-6-4-5-7-19(16)25-22(26)15-9-11-21-18(13-15)17-12-14(2)8-10-20(17)24-21/h4-7,9,11,13-14,24H,3,8,10,12H2,1-2H3,(H,25,26). The van der Waals surface area contributed by atoms with Gasteiger partial charge in [0.1, 0.15) is 0 Å². The quantitative estimate of drug-likeness (QED) is 0.647. The molecule has 1 aliphatic carbocycles. The molecule has 1 amide bonds. The zero-order valence-corrected chi connectivity index (χ0v) is 16.2. The number of esters is 1. The average molecular weight is 376 g/mol. The second kappa shape index (κ2) is 7.50. The van der Waals surface area contributed by atoms with Crippen molar-refractivity contribution in [2.45, 2.75) is 33.1 Å². The molecule has 5 nitrogen and oxygen atoms in total. The molecule has 4 rings (SSSR count). The number of aromatic nitrogens is 1. The summed E-state index contributed by atoms with van der Waals surface area (Å²) in [4.78, 5) is 28.5. The highest BCUT2D eigenvalue weighted by Crippen LogP contribution is 2.32. The van der Waals surface area contributed by atoms with Gasteiger partial charge in [-0.1, -0.05) is 19.1 Å². The Kier molecular flexibility index (Phi) is 4.90. The molecule has 3 aromatic rings. The molecule has 0 aliphatic heterocycles. The number of H-pyrrole nitrogens is 1. The number of benzene rings is 2. The van der Waals surface area contributed by atoms with E-state index in [9.17, 15) is 9.59 Å². The molecule has 144 valence electrons. The number of rotatable bonds is 4. The highest BCUT2D eigenvalue weighted by atomic mass is 16.5. The summed E-state index contributed by atoms with van der Waals surface area (Å²) >= 11 is 0. The van der Waals surface area contributed by atoms with Crippen LogP contribution in [0.1, 0.15) is 52.2 Å². The Morgan fingerprint density at radius 3 is 2.86 bits per heavy atom. The fraction of sp³-hybridized carbons (Fsp3) is 0.304. The number of ether oxygens (including phenoxy) is 1. The summed E-state index contributed by atoms with van der Waals surface area (Å²) in [7, 11) is 0. The molecule has 1 unspecified atom stereocenters. The summed E-state index contributed by atoms with van der Waals surface area (Å²) in [6.45, 7) is 4.31. The summed E-state index contributed by atoms with van der Waals surface area (Å²) in [6.07, 6.45) is 3.28. The van der Waals surface area contributed by atoms with E-state index in [2.05, 4.69) is 17.2 Å². The van der Waals surface area contributed by atoms with Gasteiger partial charge in [-0.3, -0.25) is 4.79 Å². The third-order valence-electron chi connectivity index (χ3n) is 5.37. The largest absolute Gasteiger partial charge is 0.462 e. The van der Waals surface area contributed by atoms with E-state index in [1.807, 2.05) is 18.2 Å². The maximum Gasteiger partial charge on any atom is 0.340 e. The second-order valence-electron chi connectivity index (χ2n) is 7.41. The van der Waals surface area contributed by atoms with Crippen LogP contribution < -0.4 is 5.32 Å². The van der Waals surface area contributed by atoms with Crippen molar-refractivity contribution in [1.29, 1.82) is 0 Å². The first kappa shape index (κ1) is 18.3. The van der Waals surface area contributed by atoms with Crippen LogP contribution in [0.3, 0.4) is 0 Å². The minimum Gasteiger partial charge on any atom is -0.462 e. The van der Waals surface area contributed by atoms with Crippen molar-refractivity contribution in [2.24, 2.45) is 5.92 Å². The highest BCUT2D eigenvalue weighted by Gasteiger charge is 2.21. The highest BCUT2D eigenvalue weighted by molar-refractivity contribution is 6.09. The Bertz CT molecular complexity index is 1050. The Hall–Kier alpha value is -3.08. The van der Waals surface area contributed by atoms with Gasteiger partial charge in [0, 0.05) is 22.2 Å². The number of anilines is 1. The molecule has 2 aromatic carbocycles. The second-order valence-corrected chi connectivity index (χ2v) is 7.41. The maximum absolute atomic E-state index is 12.9. The van der Waals surface area contributed by atoms with Gasteiger partial charge in [0.05, 0.1) is 17.9 Å². The summed E-state index contributed by atoms with van der Waals surface area (Å²) < 4.78 is 5.08. The minimum absolute atomic E-state index is 0.238. The van der Waals surface area contributed by atoms with E-state index < -0.39 is 5.97 Å². The lowest BCUT2D eigenvalue weighted by atomic mass is 9.87. The zero-order valence-electron chi connectivity index (χ0n) is 16.2. The molecule has 1 aliphatic rings. The molecule has 0 bridgehead atoms. The number of aryl methyl sites for hydroxylation is 1. The van der Waals surface area contributed by atoms with Gasteiger partial charge < -0.3 is 15.0 Å². The van der Waals surface area contributed by atoms with Gasteiger partial charge in [0.2, 0.25) is 0 Å². The number of amides is 1. The van der Waals surface area contributed by atoms with Crippen molar-refractivity contribution in [3.63, 3.8) is 0 Å². The molecule has 0 saturated carbocycles. The van der Waals surface area contributed by atoms with Gasteiger partial charge in [-0.15, -0.1) is 0 Å². The topological polar surface area (TPSA) is 71.2 Å². The van der Waals surface area contributed by atoms with E-state index in [4.69, 9.17) is 4.74 Å². The van der Waals surface area contributed by atoms with E-state index in [0.29, 0.717) is 22.7 Å². The summed E-state index contributed by atoms with van der Waals surface area (Å²) in [6, 6.07) is 12.6. The van der Waals surface area contributed by atoms with Crippen LogP contribution in [0.4, 0.5) is 5.69 Å². The SMILES string of the molecule is CCOC(=O)c1ccccc1NC(=O)c1ccc2[nH]c3c(c2c1)CC(C)CC3. The van der Waals surface area contributed by atoms with Crippen molar-refractivity contribution in [3.8, 4) is 0 Å². The van der Waals surface area contributed by atoms with Crippen molar-refractivity contribution in [1.82, 2.24) is 4.98 Å². The number of carbonyl (C=O) groups excluding carboxylic acids is 2. The van der Waals surface area contributed by atoms with Crippen LogP contribution in [-0.2, 0) is 17.6 Å². The number of nitrogens with one attached hydrogen (secondary N) is 2. The molecule has 0 saturated heterocycles. The number of carbonyl (C=O) groups is 2. The van der Waals surface area contributed by atoms with Crippen LogP contribution in [0.25, 0.3) is 10.9 Å². The molecule has 5 heteroatoms. The minimum atomic E-state index is -0.442. The van der Waals surface area contributed by atoms with Gasteiger partial charge >= 0.3 is 5.97 Å². The number of aromatic amines is 1. The third-order valence-corrected chi connectivity index (χ3v) is 5.37. The lowest BCUT2D eigenvalue weighted by Gasteiger charge is -2.18. The van der Waals surface area contributed by atoms with Crippen molar-refractivity contribution < 1.29 is 14.3 Å². The van der Waals surface area contributed by atoms with E-state index in [-0.39, 0.29) is 12.5 Å². The first-order chi connectivity index (χ1) is 13.6. The molecule has 0 radical (unpaired) electrons. The number of para-hydroxylation sites is 1. The summed E-state index contributed by atoms with van der Waals surface area (Å²) in [5.41, 5.74) is 5.07. The van der Waals surface area contributed by atoms with E-state index >= 15 is 0 Å². The Labute approximate surface area is 164 Å². The summed E-state index contributed by atoms with van der Waals surface area (Å²) in [5, 5.41) is 3.98. The summed E-state index contributed by atoms with van der Waals surface area (Å²) in [5.74, 6) is -0.0274. The molecule has 1 atom stereocenters. The first-order valence-corrected chi connectivity index (χ1v) is 9.77. The van der Waals surface area contributed by atoms with Crippen LogP contribution >= 0.6 is 0 Å². The first-order valence-electron chi connectivity index (χ1n) is 9.77. The monoisotopic (exact) mass is 376 g/mol. The predicted molar refractivity (Wildman–Crippen MR) is 110 cm³/mol. The number of hydrogen-bond acceptors (Lipinski definition) is 3. The molecule has 0 spiro atoms. The maximum atomic E-state index is 12.9. The predicted octanol–water partition coefficient (Wildman–Crippen LogP) is 4.72. The molecular formula is C23H24N2O3. The Balaban J connectivity index is 1.63. The molecular weight excluding hydrogens is 352 g/mol. The van der Waals surface area contributed by atoms with Gasteiger partial charge in [0.25, 0.3) is 5.91 Å². The average Bonchev–Trinajstić information content (AvgIpc) is 3.05. The normalized spacial score (nSPS) is 15.9. The lowest BCUT2D eigenvalue weighted by molar-refractivity contribution is 0.0527. The van der Waals surface area contributed by atoms with Crippen molar-refractivity contribution in [3.05, 3.63) is 64.8 Å². The molecule has 28 heavy (non-hydrogen) atoms. The van der Waals surface area contributed by atoms with Gasteiger partial charge in [-0.25, -0.2) is 4.79 Å². The van der Waals surface area contributed by atoms with Crippen LogP contribution in [0.2, 0.25) is 0 Å². The fourth-order valence-electron chi connectivity index (χ4n) is 3.91. The van der Waals surface area contributed by atoms with Crippen molar-refractivity contribution in [2.75, 3.05) is 11.9 Å². The third kappa shape index (κ3) is 3.40. The molecule has 1 heterocycles. The smallest absolute Gasteiger partial charge is 0.340 e. The number of hydrogen-bond donors (Lipinski definition) is 2. The fourth-order valence-corrected chi connectivity index (χ4v) is 3.91. The lowest BCUT2D eigenvalue weighted by Crippen LogP contribution is -2.16. The van der Waals surface area contributed by atoms with Gasteiger partial charge in [0.15, 0.2) is 0 Å². The van der Waals surface area contributed by atoms with Crippen LogP contribution in [0, 0.1) is 5.92 Å². The van der Waals surface area contributed by atoms with E-state index in [0.717, 1.165) is 23.7 Å². The Morgan fingerprint density at radius 1 is 1.21 bits per heavy atom. The van der Waals surface area contributed by atoms with E-state index in [1.165, 1.54) is 17.7 Å². The van der Waals surface area contributed by atoms with Crippen molar-refractivity contribution >= 4 is 28.5 Å². The van der Waals surface area contributed by atoms with E-state index in [1.54, 1.807) is 31.2 Å². The molecule has 2 N–H and O–H groups in total. The number of fused-ring (bicyclic) bond motifs is 3. The molecule has 1 aromatic heterocycles. The van der Waals surface area contributed by atoms with Crippen LogP contribution in [0.5, 0.6) is 0 Å². The van der Waals surface area contributed by atoms with Gasteiger partial charge in [-0.05, 0) is 68.0 Å². The van der Waals surface area contributed by atoms with Crippen LogP contribution in [-0.4, -0.2) is 23.5 Å². The zero-order chi connectivity index (χ0) is 19.7. The van der Waals surface area contributed by atoms with Crippen LogP contribution in [0.15, 0.2) is 42.5 Å².